The molecule has 112 valence electrons. The highest BCUT2D eigenvalue weighted by atomic mass is 35.5. The molecule has 0 radical (unpaired) electrons. The molecule has 0 spiro atoms. The Kier molecular flexibility index (Phi) is 5.01. The van der Waals surface area contributed by atoms with Gasteiger partial charge in [-0.05, 0) is 24.1 Å². The minimum absolute atomic E-state index is 0.145. The number of hydrogen-bond acceptors (Lipinski definition) is 3. The summed E-state index contributed by atoms with van der Waals surface area (Å²) in [5.41, 5.74) is 0.553. The summed E-state index contributed by atoms with van der Waals surface area (Å²) < 4.78 is 45.8. The molecule has 1 fully saturated rings. The maximum atomic E-state index is 14.0. The Balaban J connectivity index is 2.38. The number of halogens is 2. The van der Waals surface area contributed by atoms with Gasteiger partial charge in [0, 0.05) is 18.5 Å². The van der Waals surface area contributed by atoms with Crippen molar-refractivity contribution < 1.29 is 17.5 Å². The maximum Gasteiger partial charge on any atom is 0.246 e. The van der Waals surface area contributed by atoms with Crippen molar-refractivity contribution in [2.24, 2.45) is 0 Å². The third-order valence-corrected chi connectivity index (χ3v) is 5.68. The van der Waals surface area contributed by atoms with Crippen LogP contribution in [-0.2, 0) is 20.6 Å². The Labute approximate surface area is 123 Å². The van der Waals surface area contributed by atoms with E-state index in [9.17, 15) is 12.8 Å². The smallest absolute Gasteiger partial charge is 0.246 e. The molecule has 1 unspecified atom stereocenters. The van der Waals surface area contributed by atoms with Gasteiger partial charge >= 0.3 is 0 Å². The van der Waals surface area contributed by atoms with E-state index in [0.29, 0.717) is 25.2 Å². The molecule has 0 saturated carbocycles. The Bertz CT molecular complexity index is 579. The predicted octanol–water partition coefficient (Wildman–Crippen LogP) is 2.36. The molecule has 0 aliphatic carbocycles. The zero-order valence-corrected chi connectivity index (χ0v) is 12.8. The van der Waals surface area contributed by atoms with Crippen LogP contribution < -0.4 is 0 Å². The number of hydrogen-bond donors (Lipinski definition) is 0. The van der Waals surface area contributed by atoms with Crippen LogP contribution in [0.2, 0.25) is 0 Å². The Morgan fingerprint density at radius 3 is 2.85 bits per heavy atom. The van der Waals surface area contributed by atoms with Crippen LogP contribution in [0.4, 0.5) is 4.39 Å². The highest BCUT2D eigenvalue weighted by Gasteiger charge is 2.34. The standard InChI is InChI=1S/C13H17ClFNO3S/c1-2-11-9-19-6-5-16(11)20(17,18)13-4-3-10(8-14)7-12(13)15/h3-4,7,11H,2,5-6,8-9H2,1H3. The summed E-state index contributed by atoms with van der Waals surface area (Å²) in [4.78, 5) is -0.299. The van der Waals surface area contributed by atoms with Gasteiger partial charge in [-0.15, -0.1) is 11.6 Å². The molecule has 7 heteroatoms. The lowest BCUT2D eigenvalue weighted by atomic mass is 10.2. The lowest BCUT2D eigenvalue weighted by Gasteiger charge is -2.34. The molecule has 1 heterocycles. The summed E-state index contributed by atoms with van der Waals surface area (Å²) in [6.07, 6.45) is 0.626. The van der Waals surface area contributed by atoms with Crippen molar-refractivity contribution in [2.75, 3.05) is 19.8 Å². The monoisotopic (exact) mass is 321 g/mol. The molecule has 1 aliphatic rings. The lowest BCUT2D eigenvalue weighted by molar-refractivity contribution is 0.0313. The number of rotatable bonds is 4. The van der Waals surface area contributed by atoms with Crippen molar-refractivity contribution in [3.8, 4) is 0 Å². The first kappa shape index (κ1) is 15.7. The van der Waals surface area contributed by atoms with Crippen molar-refractivity contribution in [1.82, 2.24) is 4.31 Å². The highest BCUT2D eigenvalue weighted by Crippen LogP contribution is 2.25. The van der Waals surface area contributed by atoms with Crippen LogP contribution in [0.3, 0.4) is 0 Å². The van der Waals surface area contributed by atoms with E-state index in [1.54, 1.807) is 0 Å². The molecule has 1 atom stereocenters. The van der Waals surface area contributed by atoms with Crippen molar-refractivity contribution in [3.63, 3.8) is 0 Å². The molecule has 4 nitrogen and oxygen atoms in total. The molecule has 20 heavy (non-hydrogen) atoms. The SMILES string of the molecule is CCC1COCCN1S(=O)(=O)c1ccc(CCl)cc1F. The number of ether oxygens (including phenoxy) is 1. The molecule has 0 N–H and O–H groups in total. The number of sulfonamides is 1. The van der Waals surface area contributed by atoms with Crippen molar-refractivity contribution in [1.29, 1.82) is 0 Å². The molecule has 2 rings (SSSR count). The van der Waals surface area contributed by atoms with Crippen LogP contribution in [0.5, 0.6) is 0 Å². The van der Waals surface area contributed by atoms with Gasteiger partial charge in [0.25, 0.3) is 0 Å². The summed E-state index contributed by atoms with van der Waals surface area (Å²) in [6.45, 7) is 2.81. The van der Waals surface area contributed by atoms with Crippen molar-refractivity contribution >= 4 is 21.6 Å². The van der Waals surface area contributed by atoms with E-state index in [0.717, 1.165) is 0 Å². The number of benzene rings is 1. The van der Waals surface area contributed by atoms with Gasteiger partial charge in [0.2, 0.25) is 10.0 Å². The molecular formula is C13H17ClFNO3S. The number of morpholine rings is 1. The Morgan fingerprint density at radius 1 is 1.50 bits per heavy atom. The van der Waals surface area contributed by atoms with Crippen LogP contribution in [0.25, 0.3) is 0 Å². The fourth-order valence-electron chi connectivity index (χ4n) is 2.24. The van der Waals surface area contributed by atoms with Gasteiger partial charge < -0.3 is 4.74 Å². The second-order valence-corrected chi connectivity index (χ2v) is 6.78. The van der Waals surface area contributed by atoms with Crippen LogP contribution >= 0.6 is 11.6 Å². The molecule has 1 aliphatic heterocycles. The van der Waals surface area contributed by atoms with Gasteiger partial charge in [0.15, 0.2) is 0 Å². The Hall–Kier alpha value is -0.690. The second kappa shape index (κ2) is 6.39. The first-order valence-electron chi connectivity index (χ1n) is 6.44. The van der Waals surface area contributed by atoms with Gasteiger partial charge in [0.05, 0.1) is 13.2 Å². The molecule has 1 aromatic rings. The summed E-state index contributed by atoms with van der Waals surface area (Å²) in [6, 6.07) is 3.73. The van der Waals surface area contributed by atoms with Gasteiger partial charge in [-0.1, -0.05) is 13.0 Å². The van der Waals surface area contributed by atoms with Crippen LogP contribution in [0.1, 0.15) is 18.9 Å². The maximum absolute atomic E-state index is 14.0. The van der Waals surface area contributed by atoms with E-state index in [2.05, 4.69) is 0 Å². The average Bonchev–Trinajstić information content (AvgIpc) is 2.46. The molecule has 0 bridgehead atoms. The van der Waals surface area contributed by atoms with Gasteiger partial charge in [-0.25, -0.2) is 12.8 Å². The normalized spacial score (nSPS) is 21.1. The van der Waals surface area contributed by atoms with E-state index in [4.69, 9.17) is 16.3 Å². The van der Waals surface area contributed by atoms with E-state index in [1.165, 1.54) is 22.5 Å². The average molecular weight is 322 g/mol. The number of alkyl halides is 1. The largest absolute Gasteiger partial charge is 0.378 e. The zero-order chi connectivity index (χ0) is 14.8. The molecule has 0 amide bonds. The fraction of sp³-hybridized carbons (Fsp3) is 0.538. The van der Waals surface area contributed by atoms with E-state index in [-0.39, 0.29) is 23.4 Å². The molecule has 1 aromatic carbocycles. The van der Waals surface area contributed by atoms with E-state index < -0.39 is 15.8 Å². The minimum atomic E-state index is -3.84. The van der Waals surface area contributed by atoms with E-state index in [1.807, 2.05) is 6.92 Å². The summed E-state index contributed by atoms with van der Waals surface area (Å²) in [5, 5.41) is 0. The number of nitrogens with zero attached hydrogens (tertiary/aromatic N) is 1. The minimum Gasteiger partial charge on any atom is -0.378 e. The second-order valence-electron chi connectivity index (χ2n) is 4.65. The van der Waals surface area contributed by atoms with E-state index >= 15 is 0 Å². The fourth-order valence-corrected chi connectivity index (χ4v) is 4.12. The summed E-state index contributed by atoms with van der Waals surface area (Å²) in [7, 11) is -3.84. The van der Waals surface area contributed by atoms with Gasteiger partial charge in [-0.2, -0.15) is 4.31 Å². The molecule has 0 aromatic heterocycles. The molecule has 1 saturated heterocycles. The third-order valence-electron chi connectivity index (χ3n) is 3.38. The summed E-state index contributed by atoms with van der Waals surface area (Å²) in [5.74, 6) is -0.615. The highest BCUT2D eigenvalue weighted by molar-refractivity contribution is 7.89. The van der Waals surface area contributed by atoms with Crippen molar-refractivity contribution in [2.45, 2.75) is 30.2 Å². The first-order chi connectivity index (χ1) is 9.50. The molecular weight excluding hydrogens is 305 g/mol. The van der Waals surface area contributed by atoms with Crippen LogP contribution in [-0.4, -0.2) is 38.5 Å². The topological polar surface area (TPSA) is 46.6 Å². The quantitative estimate of drug-likeness (QED) is 0.800. The summed E-state index contributed by atoms with van der Waals surface area (Å²) >= 11 is 5.62. The van der Waals surface area contributed by atoms with Gasteiger partial charge in [0.1, 0.15) is 10.7 Å². The van der Waals surface area contributed by atoms with Crippen LogP contribution in [0, 0.1) is 5.82 Å². The first-order valence-corrected chi connectivity index (χ1v) is 8.42. The van der Waals surface area contributed by atoms with Crippen molar-refractivity contribution in [3.05, 3.63) is 29.6 Å². The zero-order valence-electron chi connectivity index (χ0n) is 11.2. The van der Waals surface area contributed by atoms with Gasteiger partial charge in [-0.3, -0.25) is 0 Å². The Morgan fingerprint density at radius 2 is 2.25 bits per heavy atom. The third kappa shape index (κ3) is 2.98. The lowest BCUT2D eigenvalue weighted by Crippen LogP contribution is -2.48. The van der Waals surface area contributed by atoms with Crippen LogP contribution in [0.15, 0.2) is 23.1 Å². The predicted molar refractivity (Wildman–Crippen MR) is 74.7 cm³/mol.